The molecular weight excluding hydrogens is 364 g/mol. The van der Waals surface area contributed by atoms with Crippen LogP contribution in [0.5, 0.6) is 0 Å². The van der Waals surface area contributed by atoms with Crippen molar-refractivity contribution in [1.29, 1.82) is 0 Å². The minimum Gasteiger partial charge on any atom is -0.465 e. The van der Waals surface area contributed by atoms with Crippen LogP contribution in [0.1, 0.15) is 41.1 Å². The summed E-state index contributed by atoms with van der Waals surface area (Å²) in [5, 5.41) is 8.87. The smallest absolute Gasteiger partial charge is 0.373 e. The first-order valence-corrected chi connectivity index (χ1v) is 9.16. The fourth-order valence-corrected chi connectivity index (χ4v) is 2.76. The molecule has 1 aliphatic heterocycles. The number of allylic oxidation sites excluding steroid dienone is 1. The third-order valence-corrected chi connectivity index (χ3v) is 4.21. The molecule has 0 fully saturated rings. The van der Waals surface area contributed by atoms with Crippen LogP contribution in [-0.4, -0.2) is 50.3 Å². The summed E-state index contributed by atoms with van der Waals surface area (Å²) >= 11 is 0. The van der Waals surface area contributed by atoms with Crippen LogP contribution in [0.25, 0.3) is 0 Å². The second-order valence-electron chi connectivity index (χ2n) is 6.22. The zero-order valence-corrected chi connectivity index (χ0v) is 16.0. The van der Waals surface area contributed by atoms with Gasteiger partial charge in [-0.05, 0) is 36.6 Å². The van der Waals surface area contributed by atoms with E-state index in [1.807, 2.05) is 12.1 Å². The Morgan fingerprint density at radius 1 is 1.25 bits per heavy atom. The van der Waals surface area contributed by atoms with Crippen molar-refractivity contribution in [3.8, 4) is 0 Å². The topological polar surface area (TPSA) is 91.3 Å². The van der Waals surface area contributed by atoms with Gasteiger partial charge in [-0.15, -0.1) is 0 Å². The lowest BCUT2D eigenvalue weighted by Crippen LogP contribution is -2.28. The highest BCUT2D eigenvalue weighted by Crippen LogP contribution is 2.32. The standard InChI is InChI=1S/C21H26O7/c1-3-11-27-21(24)18-13-17(14-19(28-18)26-12-5-4-10-22)15-6-8-16(9-7-15)20(23)25-2/h3,6-9,13,17,19,22H,1,4-5,10-12,14H2,2H3/t17-,19+/m0/s1. The summed E-state index contributed by atoms with van der Waals surface area (Å²) in [5.41, 5.74) is 1.36. The number of hydrogen-bond donors (Lipinski definition) is 1. The molecule has 0 aliphatic carbocycles. The Hall–Kier alpha value is -2.64. The van der Waals surface area contributed by atoms with Gasteiger partial charge in [0.25, 0.3) is 0 Å². The molecule has 0 saturated carbocycles. The van der Waals surface area contributed by atoms with E-state index in [0.29, 0.717) is 31.4 Å². The highest BCUT2D eigenvalue weighted by atomic mass is 16.7. The molecule has 1 aromatic rings. The van der Waals surface area contributed by atoms with E-state index in [9.17, 15) is 9.59 Å². The molecule has 1 aromatic carbocycles. The van der Waals surface area contributed by atoms with Crippen LogP contribution in [0.4, 0.5) is 0 Å². The Morgan fingerprint density at radius 3 is 2.64 bits per heavy atom. The van der Waals surface area contributed by atoms with Crippen molar-refractivity contribution >= 4 is 11.9 Å². The number of ether oxygens (including phenoxy) is 4. The SMILES string of the molecule is C=CCOC(=O)C1=C[C@H](c2ccc(C(=O)OC)cc2)C[C@H](OCCCCO)O1. The summed E-state index contributed by atoms with van der Waals surface area (Å²) in [6.07, 6.45) is 4.40. The molecule has 7 heteroatoms. The highest BCUT2D eigenvalue weighted by molar-refractivity contribution is 5.89. The van der Waals surface area contributed by atoms with E-state index in [-0.39, 0.29) is 24.9 Å². The Morgan fingerprint density at radius 2 is 2.00 bits per heavy atom. The van der Waals surface area contributed by atoms with Crippen LogP contribution in [0.2, 0.25) is 0 Å². The first-order chi connectivity index (χ1) is 13.6. The molecule has 28 heavy (non-hydrogen) atoms. The molecule has 0 radical (unpaired) electrons. The monoisotopic (exact) mass is 390 g/mol. The molecule has 2 rings (SSSR count). The maximum atomic E-state index is 12.2. The van der Waals surface area contributed by atoms with Gasteiger partial charge >= 0.3 is 11.9 Å². The number of carbonyl (C=O) groups is 2. The number of esters is 2. The van der Waals surface area contributed by atoms with Gasteiger partial charge in [-0.25, -0.2) is 9.59 Å². The lowest BCUT2D eigenvalue weighted by atomic mass is 9.92. The van der Waals surface area contributed by atoms with E-state index < -0.39 is 18.2 Å². The van der Waals surface area contributed by atoms with Crippen LogP contribution in [-0.2, 0) is 23.7 Å². The average Bonchev–Trinajstić information content (AvgIpc) is 2.74. The Bertz CT molecular complexity index is 693. The Balaban J connectivity index is 2.15. The van der Waals surface area contributed by atoms with E-state index in [0.717, 1.165) is 5.56 Å². The summed E-state index contributed by atoms with van der Waals surface area (Å²) in [6.45, 7) is 4.12. The molecule has 0 spiro atoms. The van der Waals surface area contributed by atoms with Crippen LogP contribution >= 0.6 is 0 Å². The number of benzene rings is 1. The minimum absolute atomic E-state index is 0.0834. The molecule has 0 aromatic heterocycles. The number of carbonyl (C=O) groups excluding carboxylic acids is 2. The predicted octanol–water partition coefficient (Wildman–Crippen LogP) is 2.71. The van der Waals surface area contributed by atoms with Crippen molar-refractivity contribution in [2.75, 3.05) is 26.9 Å². The van der Waals surface area contributed by atoms with Crippen molar-refractivity contribution in [2.24, 2.45) is 0 Å². The van der Waals surface area contributed by atoms with Crippen molar-refractivity contribution in [2.45, 2.75) is 31.5 Å². The summed E-state index contributed by atoms with van der Waals surface area (Å²) < 4.78 is 21.2. The van der Waals surface area contributed by atoms with E-state index >= 15 is 0 Å². The molecule has 0 saturated heterocycles. The zero-order valence-electron chi connectivity index (χ0n) is 16.0. The van der Waals surface area contributed by atoms with E-state index in [1.165, 1.54) is 13.2 Å². The summed E-state index contributed by atoms with van der Waals surface area (Å²) in [7, 11) is 1.33. The zero-order chi connectivity index (χ0) is 20.4. The summed E-state index contributed by atoms with van der Waals surface area (Å²) in [5.74, 6) is -1.05. The van der Waals surface area contributed by atoms with Crippen LogP contribution in [0, 0.1) is 0 Å². The van der Waals surface area contributed by atoms with Crippen LogP contribution in [0.15, 0.2) is 48.8 Å². The minimum atomic E-state index is -0.611. The molecule has 0 unspecified atom stereocenters. The maximum Gasteiger partial charge on any atom is 0.373 e. The van der Waals surface area contributed by atoms with Crippen LogP contribution in [0.3, 0.4) is 0 Å². The fraction of sp³-hybridized carbons (Fsp3) is 0.429. The number of aliphatic hydroxyl groups is 1. The Labute approximate surface area is 164 Å². The third-order valence-electron chi connectivity index (χ3n) is 4.21. The molecular formula is C21H26O7. The van der Waals surface area contributed by atoms with Gasteiger partial charge in [-0.2, -0.15) is 0 Å². The Kier molecular flexibility index (Phi) is 8.71. The van der Waals surface area contributed by atoms with E-state index in [1.54, 1.807) is 18.2 Å². The lowest BCUT2D eigenvalue weighted by molar-refractivity contribution is -0.160. The second kappa shape index (κ2) is 11.3. The van der Waals surface area contributed by atoms with Gasteiger partial charge in [0.05, 0.1) is 19.3 Å². The van der Waals surface area contributed by atoms with Gasteiger partial charge in [0.1, 0.15) is 6.61 Å². The quantitative estimate of drug-likeness (QED) is 0.373. The number of rotatable bonds is 10. The lowest BCUT2D eigenvalue weighted by Gasteiger charge is -2.29. The second-order valence-corrected chi connectivity index (χ2v) is 6.22. The number of aliphatic hydroxyl groups excluding tert-OH is 1. The first-order valence-electron chi connectivity index (χ1n) is 9.16. The van der Waals surface area contributed by atoms with Gasteiger partial charge in [0.2, 0.25) is 12.0 Å². The summed E-state index contributed by atoms with van der Waals surface area (Å²) in [6, 6.07) is 6.98. The number of methoxy groups -OCH3 is 1. The van der Waals surface area contributed by atoms with Gasteiger partial charge in [0, 0.05) is 18.9 Å². The number of hydrogen-bond acceptors (Lipinski definition) is 7. The van der Waals surface area contributed by atoms with E-state index in [2.05, 4.69) is 6.58 Å². The van der Waals surface area contributed by atoms with Crippen molar-refractivity contribution in [3.63, 3.8) is 0 Å². The van der Waals surface area contributed by atoms with Gasteiger partial charge < -0.3 is 24.1 Å². The third kappa shape index (κ3) is 6.21. The highest BCUT2D eigenvalue weighted by Gasteiger charge is 2.29. The molecule has 1 heterocycles. The van der Waals surface area contributed by atoms with Crippen molar-refractivity contribution < 1.29 is 33.6 Å². The maximum absolute atomic E-state index is 12.2. The van der Waals surface area contributed by atoms with Gasteiger partial charge in [-0.1, -0.05) is 24.8 Å². The summed E-state index contributed by atoms with van der Waals surface area (Å²) in [4.78, 5) is 23.8. The molecule has 1 N–H and O–H groups in total. The van der Waals surface area contributed by atoms with E-state index in [4.69, 9.17) is 24.1 Å². The van der Waals surface area contributed by atoms with Crippen molar-refractivity contribution in [3.05, 3.63) is 59.9 Å². The van der Waals surface area contributed by atoms with Gasteiger partial charge in [0.15, 0.2) is 0 Å². The number of unbranched alkanes of at least 4 members (excludes halogenated alkanes) is 1. The molecule has 0 amide bonds. The first kappa shape index (κ1) is 21.7. The largest absolute Gasteiger partial charge is 0.465 e. The fourth-order valence-electron chi connectivity index (χ4n) is 2.76. The van der Waals surface area contributed by atoms with Crippen molar-refractivity contribution in [1.82, 2.24) is 0 Å². The molecule has 152 valence electrons. The van der Waals surface area contributed by atoms with Crippen LogP contribution < -0.4 is 0 Å². The predicted molar refractivity (Wildman–Crippen MR) is 102 cm³/mol. The molecule has 7 nitrogen and oxygen atoms in total. The molecule has 0 bridgehead atoms. The molecule has 2 atom stereocenters. The van der Waals surface area contributed by atoms with Gasteiger partial charge in [-0.3, -0.25) is 0 Å². The normalized spacial score (nSPS) is 18.6. The average molecular weight is 390 g/mol. The molecule has 1 aliphatic rings.